The molecular weight excluding hydrogens is 450 g/mol. The van der Waals surface area contributed by atoms with Crippen molar-refractivity contribution in [3.63, 3.8) is 0 Å². The molecular formula is C21H25N5O6S. The summed E-state index contributed by atoms with van der Waals surface area (Å²) in [5.41, 5.74) is 0.207. The van der Waals surface area contributed by atoms with E-state index in [1.807, 2.05) is 13.8 Å². The van der Waals surface area contributed by atoms with Crippen molar-refractivity contribution >= 4 is 33.8 Å². The predicted octanol–water partition coefficient (Wildman–Crippen LogP) is 1.64. The maximum absolute atomic E-state index is 13.0. The lowest BCUT2D eigenvalue weighted by molar-refractivity contribution is -0.139. The van der Waals surface area contributed by atoms with Crippen LogP contribution in [0.2, 0.25) is 0 Å². The van der Waals surface area contributed by atoms with E-state index in [1.165, 1.54) is 28.6 Å². The molecule has 2 atom stereocenters. The van der Waals surface area contributed by atoms with Crippen molar-refractivity contribution in [3.05, 3.63) is 35.7 Å². The molecule has 3 heterocycles. The summed E-state index contributed by atoms with van der Waals surface area (Å²) < 4.78 is 32.8. The lowest BCUT2D eigenvalue weighted by atomic mass is 9.94. The van der Waals surface area contributed by atoms with Gasteiger partial charge >= 0.3 is 6.01 Å². The average molecular weight is 476 g/mol. The minimum atomic E-state index is -3.65. The van der Waals surface area contributed by atoms with Crippen molar-refractivity contribution in [2.45, 2.75) is 44.6 Å². The molecule has 12 heteroatoms. The molecule has 0 aliphatic carbocycles. The summed E-state index contributed by atoms with van der Waals surface area (Å²) in [6, 6.07) is 5.44. The van der Waals surface area contributed by atoms with Crippen LogP contribution < -0.4 is 5.32 Å². The van der Waals surface area contributed by atoms with Gasteiger partial charge in [-0.3, -0.25) is 24.6 Å². The largest absolute Gasteiger partial charge is 0.406 e. The third-order valence-corrected chi connectivity index (χ3v) is 7.57. The number of piperidine rings is 1. The van der Waals surface area contributed by atoms with Crippen LogP contribution in [0.1, 0.15) is 49.4 Å². The third-order valence-electron chi connectivity index (χ3n) is 5.73. The average Bonchev–Trinajstić information content (AvgIpc) is 3.34. The Morgan fingerprint density at radius 3 is 2.27 bits per heavy atom. The molecule has 33 heavy (non-hydrogen) atoms. The van der Waals surface area contributed by atoms with Crippen molar-refractivity contribution in [1.29, 1.82) is 0 Å². The van der Waals surface area contributed by atoms with Crippen LogP contribution in [-0.2, 0) is 26.2 Å². The zero-order valence-corrected chi connectivity index (χ0v) is 19.2. The van der Waals surface area contributed by atoms with Crippen LogP contribution in [0.25, 0.3) is 0 Å². The molecule has 2 saturated heterocycles. The second-order valence-corrected chi connectivity index (χ2v) is 10.6. The van der Waals surface area contributed by atoms with Gasteiger partial charge < -0.3 is 4.42 Å². The molecule has 0 saturated carbocycles. The van der Waals surface area contributed by atoms with Gasteiger partial charge in [0.15, 0.2) is 0 Å². The Balaban J connectivity index is 1.40. The smallest absolute Gasteiger partial charge is 0.322 e. The van der Waals surface area contributed by atoms with Crippen molar-refractivity contribution in [1.82, 2.24) is 19.4 Å². The maximum Gasteiger partial charge on any atom is 0.322 e. The summed E-state index contributed by atoms with van der Waals surface area (Å²) in [6.45, 7) is 4.87. The monoisotopic (exact) mass is 475 g/mol. The number of imide groups is 1. The summed E-state index contributed by atoms with van der Waals surface area (Å²) in [5.74, 6) is -0.605. The van der Waals surface area contributed by atoms with E-state index in [4.69, 9.17) is 4.42 Å². The fourth-order valence-corrected chi connectivity index (χ4v) is 5.88. The van der Waals surface area contributed by atoms with Gasteiger partial charge in [0.1, 0.15) is 6.54 Å². The van der Waals surface area contributed by atoms with Crippen molar-refractivity contribution in [3.8, 4) is 0 Å². The van der Waals surface area contributed by atoms with E-state index >= 15 is 0 Å². The Morgan fingerprint density at radius 1 is 1.06 bits per heavy atom. The number of rotatable bonds is 6. The molecule has 0 radical (unpaired) electrons. The van der Waals surface area contributed by atoms with Gasteiger partial charge in [0, 0.05) is 31.5 Å². The molecule has 2 aliphatic heterocycles. The second kappa shape index (κ2) is 9.02. The first-order valence-corrected chi connectivity index (χ1v) is 12.1. The first-order valence-electron chi connectivity index (χ1n) is 10.7. The Morgan fingerprint density at radius 2 is 1.67 bits per heavy atom. The summed E-state index contributed by atoms with van der Waals surface area (Å²) in [4.78, 5) is 37.0. The van der Waals surface area contributed by atoms with Crippen molar-refractivity contribution in [2.24, 2.45) is 11.8 Å². The summed E-state index contributed by atoms with van der Waals surface area (Å²) in [7, 11) is -3.65. The standard InChI is InChI=1S/C21H25N5O6S/c1-13-9-14(2)11-25(10-13)33(30,31)16-5-3-15(4-6-16)20(29)22-21-24-23-17(32-21)12-26-18(27)7-8-19(26)28/h3-6,13-14H,7-12H2,1-2H3,(H,22,24,29). The van der Waals surface area contributed by atoms with Gasteiger partial charge in [-0.05, 0) is 42.5 Å². The molecule has 2 aliphatic rings. The number of benzene rings is 1. The number of amides is 3. The lowest BCUT2D eigenvalue weighted by Gasteiger charge is -2.34. The van der Waals surface area contributed by atoms with Gasteiger partial charge in [-0.2, -0.15) is 4.31 Å². The Hall–Kier alpha value is -3.12. The number of carbonyl (C=O) groups excluding carboxylic acids is 3. The fourth-order valence-electron chi connectivity index (χ4n) is 4.20. The number of nitrogens with one attached hydrogen (secondary N) is 1. The molecule has 176 valence electrons. The number of aromatic nitrogens is 2. The Labute approximate surface area is 191 Å². The van der Waals surface area contributed by atoms with Crippen LogP contribution in [-0.4, -0.2) is 58.6 Å². The van der Waals surface area contributed by atoms with E-state index in [2.05, 4.69) is 15.5 Å². The second-order valence-electron chi connectivity index (χ2n) is 8.62. The number of hydrogen-bond acceptors (Lipinski definition) is 8. The van der Waals surface area contributed by atoms with Gasteiger partial charge in [-0.25, -0.2) is 8.42 Å². The van der Waals surface area contributed by atoms with Gasteiger partial charge in [0.25, 0.3) is 5.91 Å². The molecule has 2 unspecified atom stereocenters. The van der Waals surface area contributed by atoms with Crippen molar-refractivity contribution < 1.29 is 27.2 Å². The van der Waals surface area contributed by atoms with Crippen molar-refractivity contribution in [2.75, 3.05) is 18.4 Å². The zero-order valence-electron chi connectivity index (χ0n) is 18.4. The van der Waals surface area contributed by atoms with E-state index in [-0.39, 0.29) is 65.4 Å². The van der Waals surface area contributed by atoms with Crippen LogP contribution in [0.4, 0.5) is 6.01 Å². The van der Waals surface area contributed by atoms with Crippen LogP contribution in [0, 0.1) is 11.8 Å². The highest BCUT2D eigenvalue weighted by Gasteiger charge is 2.32. The Bertz CT molecular complexity index is 1150. The van der Waals surface area contributed by atoms with Gasteiger partial charge in [-0.1, -0.05) is 18.9 Å². The minimum absolute atomic E-state index is 0.0142. The molecule has 2 aromatic rings. The lowest BCUT2D eigenvalue weighted by Crippen LogP contribution is -2.42. The number of anilines is 1. The molecule has 1 aromatic carbocycles. The summed E-state index contributed by atoms with van der Waals surface area (Å²) >= 11 is 0. The third kappa shape index (κ3) is 4.96. The normalized spacial score (nSPS) is 22.1. The quantitative estimate of drug-likeness (QED) is 0.621. The van der Waals surface area contributed by atoms with E-state index in [0.717, 1.165) is 11.3 Å². The van der Waals surface area contributed by atoms with Crippen LogP contribution in [0.3, 0.4) is 0 Å². The van der Waals surface area contributed by atoms with Crippen LogP contribution >= 0.6 is 0 Å². The molecule has 2 fully saturated rings. The van der Waals surface area contributed by atoms with E-state index in [1.54, 1.807) is 0 Å². The number of carbonyl (C=O) groups is 3. The topological polar surface area (TPSA) is 143 Å². The highest BCUT2D eigenvalue weighted by atomic mass is 32.2. The highest BCUT2D eigenvalue weighted by Crippen LogP contribution is 2.27. The molecule has 0 bridgehead atoms. The summed E-state index contributed by atoms with van der Waals surface area (Å²) in [5, 5.41) is 9.88. The van der Waals surface area contributed by atoms with Gasteiger partial charge in [0.2, 0.25) is 27.7 Å². The number of sulfonamides is 1. The molecule has 3 amide bonds. The van der Waals surface area contributed by atoms with Crippen LogP contribution in [0.15, 0.2) is 33.6 Å². The maximum atomic E-state index is 13.0. The first kappa shape index (κ1) is 23.1. The molecule has 4 rings (SSSR count). The minimum Gasteiger partial charge on any atom is -0.406 e. The SMILES string of the molecule is CC1CC(C)CN(S(=O)(=O)c2ccc(C(=O)Nc3nnc(CN4C(=O)CCC4=O)o3)cc2)C1. The predicted molar refractivity (Wildman–Crippen MR) is 115 cm³/mol. The van der Waals surface area contributed by atoms with Gasteiger partial charge in [-0.15, -0.1) is 5.10 Å². The molecule has 1 aromatic heterocycles. The number of nitrogens with zero attached hydrogens (tertiary/aromatic N) is 4. The highest BCUT2D eigenvalue weighted by molar-refractivity contribution is 7.89. The summed E-state index contributed by atoms with van der Waals surface area (Å²) in [6.07, 6.45) is 1.29. The number of hydrogen-bond donors (Lipinski definition) is 1. The Kier molecular flexibility index (Phi) is 6.30. The van der Waals surface area contributed by atoms with E-state index in [0.29, 0.717) is 13.1 Å². The fraction of sp³-hybridized carbons (Fsp3) is 0.476. The zero-order chi connectivity index (χ0) is 23.8. The van der Waals surface area contributed by atoms with E-state index in [9.17, 15) is 22.8 Å². The van der Waals surface area contributed by atoms with E-state index < -0.39 is 15.9 Å². The number of likely N-dealkylation sites (tertiary alicyclic amines) is 1. The van der Waals surface area contributed by atoms with Gasteiger partial charge in [0.05, 0.1) is 4.90 Å². The molecule has 0 spiro atoms. The molecule has 1 N–H and O–H groups in total. The molecule has 11 nitrogen and oxygen atoms in total. The van der Waals surface area contributed by atoms with Crippen LogP contribution in [0.5, 0.6) is 0 Å². The first-order chi connectivity index (χ1) is 15.6.